The number of hydrogen-bond acceptors (Lipinski definition) is 3. The van der Waals surface area contributed by atoms with Gasteiger partial charge in [0.05, 0.1) is 11.5 Å². The third kappa shape index (κ3) is 5.34. The van der Waals surface area contributed by atoms with Gasteiger partial charge in [0.15, 0.2) is 0 Å². The molecule has 1 rings (SSSR count). The average molecular weight is 348 g/mol. The Morgan fingerprint density at radius 1 is 1.33 bits per heavy atom. The van der Waals surface area contributed by atoms with E-state index in [1.165, 1.54) is 18.2 Å². The molecule has 0 saturated carbocycles. The van der Waals surface area contributed by atoms with Crippen molar-refractivity contribution in [2.45, 2.75) is 11.3 Å². The van der Waals surface area contributed by atoms with E-state index in [4.69, 9.17) is 0 Å². The summed E-state index contributed by atoms with van der Waals surface area (Å²) in [6, 6.07) is 5.81. The largest absolute Gasteiger partial charge is 0.522 e. The van der Waals surface area contributed by atoms with Crippen LogP contribution < -0.4 is 4.72 Å². The van der Waals surface area contributed by atoms with Crippen molar-refractivity contribution in [3.63, 3.8) is 0 Å². The Morgan fingerprint density at radius 3 is 2.56 bits per heavy atom. The molecule has 0 bridgehead atoms. The fraction of sp³-hybridized carbons (Fsp3) is 0.333. The standard InChI is InChI=1S/C9H9BrF3NO3S/c10-7-2-1-3-8(6-7)18(15,16)14-4-5-17-9(11,12)13/h1-3,6,14H,4-5H2. The van der Waals surface area contributed by atoms with Crippen LogP contribution in [-0.4, -0.2) is 27.9 Å². The van der Waals surface area contributed by atoms with Gasteiger partial charge in [-0.25, -0.2) is 13.1 Å². The highest BCUT2D eigenvalue weighted by atomic mass is 79.9. The molecular weight excluding hydrogens is 339 g/mol. The molecule has 1 N–H and O–H groups in total. The lowest BCUT2D eigenvalue weighted by molar-refractivity contribution is -0.323. The predicted molar refractivity (Wildman–Crippen MR) is 61.3 cm³/mol. The minimum atomic E-state index is -4.76. The molecule has 0 aliphatic heterocycles. The quantitative estimate of drug-likeness (QED) is 0.831. The molecule has 0 saturated heterocycles. The first-order chi connectivity index (χ1) is 8.21. The second kappa shape index (κ2) is 6.00. The Balaban J connectivity index is 2.56. The molecule has 0 atom stereocenters. The van der Waals surface area contributed by atoms with Crippen LogP contribution in [0.15, 0.2) is 33.6 Å². The van der Waals surface area contributed by atoms with Crippen molar-refractivity contribution < 1.29 is 26.3 Å². The molecule has 9 heteroatoms. The van der Waals surface area contributed by atoms with Crippen LogP contribution in [0.3, 0.4) is 0 Å². The molecule has 0 radical (unpaired) electrons. The van der Waals surface area contributed by atoms with Gasteiger partial charge in [-0.3, -0.25) is 4.74 Å². The van der Waals surface area contributed by atoms with E-state index in [9.17, 15) is 21.6 Å². The van der Waals surface area contributed by atoms with Crippen LogP contribution in [0.4, 0.5) is 13.2 Å². The van der Waals surface area contributed by atoms with Crippen molar-refractivity contribution in [1.82, 2.24) is 4.72 Å². The molecule has 18 heavy (non-hydrogen) atoms. The number of hydrogen-bond donors (Lipinski definition) is 1. The maximum Gasteiger partial charge on any atom is 0.522 e. The van der Waals surface area contributed by atoms with Crippen molar-refractivity contribution in [2.75, 3.05) is 13.2 Å². The number of ether oxygens (including phenoxy) is 1. The van der Waals surface area contributed by atoms with E-state index < -0.39 is 29.5 Å². The summed E-state index contributed by atoms with van der Waals surface area (Å²) in [7, 11) is -3.83. The second-order valence-electron chi connectivity index (χ2n) is 3.15. The Kier molecular flexibility index (Phi) is 5.14. The predicted octanol–water partition coefficient (Wildman–Crippen LogP) is 2.26. The molecule has 0 aliphatic carbocycles. The number of rotatable bonds is 5. The minimum Gasteiger partial charge on any atom is -0.291 e. The minimum absolute atomic E-state index is 0.0381. The number of nitrogens with one attached hydrogen (secondary N) is 1. The Bertz CT molecular complexity index is 504. The Labute approximate surface area is 110 Å². The molecule has 0 aromatic heterocycles. The topological polar surface area (TPSA) is 55.4 Å². The van der Waals surface area contributed by atoms with Gasteiger partial charge in [0.25, 0.3) is 0 Å². The van der Waals surface area contributed by atoms with Crippen LogP contribution >= 0.6 is 15.9 Å². The fourth-order valence-electron chi connectivity index (χ4n) is 1.06. The smallest absolute Gasteiger partial charge is 0.291 e. The van der Waals surface area contributed by atoms with Crippen molar-refractivity contribution >= 4 is 26.0 Å². The zero-order valence-corrected chi connectivity index (χ0v) is 11.3. The highest BCUT2D eigenvalue weighted by molar-refractivity contribution is 9.10. The molecule has 102 valence electrons. The summed E-state index contributed by atoms with van der Waals surface area (Å²) >= 11 is 3.10. The lowest BCUT2D eigenvalue weighted by atomic mass is 10.4. The van der Waals surface area contributed by atoms with Gasteiger partial charge >= 0.3 is 6.36 Å². The monoisotopic (exact) mass is 347 g/mol. The number of benzene rings is 1. The molecule has 1 aromatic rings. The van der Waals surface area contributed by atoms with Crippen molar-refractivity contribution in [1.29, 1.82) is 0 Å². The molecule has 0 heterocycles. The van der Waals surface area contributed by atoms with Gasteiger partial charge in [-0.05, 0) is 18.2 Å². The molecule has 0 aliphatic rings. The Hall–Kier alpha value is -0.640. The van der Waals surface area contributed by atoms with Crippen LogP contribution in [-0.2, 0) is 14.8 Å². The molecule has 0 spiro atoms. The van der Waals surface area contributed by atoms with Gasteiger partial charge in [-0.1, -0.05) is 22.0 Å². The normalized spacial score (nSPS) is 12.7. The van der Waals surface area contributed by atoms with Gasteiger partial charge in [-0.15, -0.1) is 13.2 Å². The summed E-state index contributed by atoms with van der Waals surface area (Å²) in [5, 5.41) is 0. The van der Waals surface area contributed by atoms with E-state index >= 15 is 0 Å². The van der Waals surface area contributed by atoms with Crippen LogP contribution in [0.25, 0.3) is 0 Å². The first-order valence-corrected chi connectivity index (χ1v) is 6.94. The van der Waals surface area contributed by atoms with Gasteiger partial charge in [-0.2, -0.15) is 0 Å². The second-order valence-corrected chi connectivity index (χ2v) is 5.83. The summed E-state index contributed by atoms with van der Waals surface area (Å²) in [6.07, 6.45) is -4.76. The van der Waals surface area contributed by atoms with Gasteiger partial charge in [0.1, 0.15) is 0 Å². The van der Waals surface area contributed by atoms with E-state index in [0.717, 1.165) is 0 Å². The molecule has 0 unspecified atom stereocenters. The van der Waals surface area contributed by atoms with Crippen molar-refractivity contribution in [3.8, 4) is 0 Å². The van der Waals surface area contributed by atoms with Gasteiger partial charge < -0.3 is 0 Å². The zero-order chi connectivity index (χ0) is 13.8. The third-order valence-electron chi connectivity index (χ3n) is 1.77. The summed E-state index contributed by atoms with van der Waals surface area (Å²) in [4.78, 5) is -0.0381. The molecule has 0 fully saturated rings. The maximum absolute atomic E-state index is 11.6. The van der Waals surface area contributed by atoms with E-state index in [0.29, 0.717) is 4.47 Å². The molecule has 1 aromatic carbocycles. The van der Waals surface area contributed by atoms with Crippen molar-refractivity contribution in [3.05, 3.63) is 28.7 Å². The van der Waals surface area contributed by atoms with Gasteiger partial charge in [0, 0.05) is 11.0 Å². The number of sulfonamides is 1. The summed E-state index contributed by atoms with van der Waals surface area (Å²) < 4.78 is 64.2. The fourth-order valence-corrected chi connectivity index (χ4v) is 2.67. The van der Waals surface area contributed by atoms with Crippen LogP contribution in [0.5, 0.6) is 0 Å². The van der Waals surface area contributed by atoms with Crippen LogP contribution in [0, 0.1) is 0 Å². The average Bonchev–Trinajstić information content (AvgIpc) is 2.23. The SMILES string of the molecule is O=S(=O)(NCCOC(F)(F)F)c1cccc(Br)c1. The van der Waals surface area contributed by atoms with Crippen LogP contribution in [0.1, 0.15) is 0 Å². The first-order valence-electron chi connectivity index (χ1n) is 4.67. The van der Waals surface area contributed by atoms with E-state index in [1.54, 1.807) is 6.07 Å². The zero-order valence-electron chi connectivity index (χ0n) is 8.87. The van der Waals surface area contributed by atoms with E-state index in [1.807, 2.05) is 4.72 Å². The highest BCUT2D eigenvalue weighted by Gasteiger charge is 2.28. The summed E-state index contributed by atoms with van der Waals surface area (Å²) in [5.41, 5.74) is 0. The van der Waals surface area contributed by atoms with Gasteiger partial charge in [0.2, 0.25) is 10.0 Å². The van der Waals surface area contributed by atoms with E-state index in [2.05, 4.69) is 20.7 Å². The third-order valence-corrected chi connectivity index (χ3v) is 3.72. The van der Waals surface area contributed by atoms with Crippen LogP contribution in [0.2, 0.25) is 0 Å². The maximum atomic E-state index is 11.6. The van der Waals surface area contributed by atoms with E-state index in [-0.39, 0.29) is 4.90 Å². The number of halogens is 4. The summed E-state index contributed by atoms with van der Waals surface area (Å²) in [6.45, 7) is -1.24. The molecular formula is C9H9BrF3NO3S. The first kappa shape index (κ1) is 15.4. The van der Waals surface area contributed by atoms with Crippen molar-refractivity contribution in [2.24, 2.45) is 0 Å². The molecule has 0 amide bonds. The highest BCUT2D eigenvalue weighted by Crippen LogP contribution is 2.17. The molecule has 4 nitrogen and oxygen atoms in total. The summed E-state index contributed by atoms with van der Waals surface area (Å²) in [5.74, 6) is 0. The number of alkyl halides is 3. The lowest BCUT2D eigenvalue weighted by Crippen LogP contribution is -2.29. The lowest BCUT2D eigenvalue weighted by Gasteiger charge is -2.09. The Morgan fingerprint density at radius 2 is 2.00 bits per heavy atom.